The third-order valence-corrected chi connectivity index (χ3v) is 1.47. The minimum Gasteiger partial charge on any atom is -0.478 e. The maximum absolute atomic E-state index is 10.8. The van der Waals surface area contributed by atoms with Crippen molar-refractivity contribution in [2.45, 2.75) is 0 Å². The molecule has 0 saturated carbocycles. The van der Waals surface area contributed by atoms with Gasteiger partial charge in [0.1, 0.15) is 0 Å². The summed E-state index contributed by atoms with van der Waals surface area (Å²) in [7, 11) is 0. The van der Waals surface area contributed by atoms with Gasteiger partial charge in [-0.15, -0.1) is 0 Å². The summed E-state index contributed by atoms with van der Waals surface area (Å²) in [6, 6.07) is 5.26. The summed E-state index contributed by atoms with van der Waals surface area (Å²) in [4.78, 5) is 25.2. The van der Waals surface area contributed by atoms with Crippen molar-refractivity contribution in [1.82, 2.24) is 0 Å². The quantitative estimate of drug-likeness (QED) is 0.687. The molecule has 1 aromatic rings. The zero-order valence-electron chi connectivity index (χ0n) is 7.06. The Morgan fingerprint density at radius 1 is 1.14 bits per heavy atom. The van der Waals surface area contributed by atoms with E-state index < -0.39 is 11.9 Å². The predicted octanol–water partition coefficient (Wildman–Crippen LogP) is 0.415. The van der Waals surface area contributed by atoms with Gasteiger partial charge in [0.2, 0.25) is 0 Å². The molecule has 0 amide bonds. The smallest absolute Gasteiger partial charge is 0.356 e. The molecule has 0 spiro atoms. The molecule has 1 aromatic carbocycles. The molecule has 6 heteroatoms. The van der Waals surface area contributed by atoms with Gasteiger partial charge in [-0.1, -0.05) is 0 Å². The van der Waals surface area contributed by atoms with Crippen molar-refractivity contribution in [2.75, 3.05) is 0 Å². The van der Waals surface area contributed by atoms with Crippen molar-refractivity contribution in [3.05, 3.63) is 35.4 Å². The van der Waals surface area contributed by atoms with E-state index in [9.17, 15) is 9.59 Å². The van der Waals surface area contributed by atoms with Crippen LogP contribution in [0.5, 0.6) is 0 Å². The first-order valence-corrected chi connectivity index (χ1v) is 3.39. The zero-order chi connectivity index (χ0) is 9.84. The van der Waals surface area contributed by atoms with Crippen LogP contribution in [0, 0.1) is 39.9 Å². The van der Waals surface area contributed by atoms with Crippen LogP contribution in [-0.4, -0.2) is 17.0 Å². The monoisotopic (exact) mass is 413 g/mol. The molecule has 0 aromatic heterocycles. The third kappa shape index (κ3) is 3.30. The van der Waals surface area contributed by atoms with E-state index in [1.807, 2.05) is 0 Å². The molecule has 0 radical (unpaired) electrons. The Labute approximate surface area is 112 Å². The Hall–Kier alpha value is -0.555. The number of carbonyl (C=O) groups is 2. The number of carboxylic acids is 1. The number of carbonyl (C=O) groups excluding carboxylic acids is 1. The van der Waals surface area contributed by atoms with Crippen LogP contribution in [0.25, 0.3) is 0 Å². The topological polar surface area (TPSA) is 89.6 Å². The van der Waals surface area contributed by atoms with Crippen molar-refractivity contribution >= 4 is 11.9 Å². The van der Waals surface area contributed by atoms with E-state index in [0.717, 1.165) is 0 Å². The average molecular weight is 413 g/mol. The van der Waals surface area contributed by atoms with Crippen LogP contribution in [0.2, 0.25) is 0 Å². The number of nitrogens with two attached hydrogens (primary N) is 1. The van der Waals surface area contributed by atoms with E-state index in [0.29, 0.717) is 0 Å². The summed E-state index contributed by atoms with van der Waals surface area (Å²) in [5.74, 6) is 2.89. The first-order valence-electron chi connectivity index (χ1n) is 3.39. The molecule has 1 rings (SSSR count). The van der Waals surface area contributed by atoms with Crippen molar-refractivity contribution in [2.24, 2.45) is 5.90 Å². The van der Waals surface area contributed by atoms with Crippen molar-refractivity contribution in [1.29, 1.82) is 0 Å². The molecule has 0 bridgehead atoms. The van der Waals surface area contributed by atoms with Gasteiger partial charge in [-0.3, -0.25) is 0 Å². The van der Waals surface area contributed by atoms with E-state index in [4.69, 9.17) is 5.11 Å². The van der Waals surface area contributed by atoms with Gasteiger partial charge < -0.3 is 9.94 Å². The number of benzene rings is 1. The summed E-state index contributed by atoms with van der Waals surface area (Å²) < 4.78 is 0. The Morgan fingerprint density at radius 3 is 1.93 bits per heavy atom. The number of rotatable bonds is 2. The molecule has 0 saturated heterocycles. The fraction of sp³-hybridized carbons (Fsp3) is 0. The molecule has 0 aliphatic carbocycles. The van der Waals surface area contributed by atoms with Gasteiger partial charge >= 0.3 is 11.9 Å². The molecule has 5 nitrogen and oxygen atoms in total. The second kappa shape index (κ2) is 6.03. The molecular formula is C8H7NO4Th. The van der Waals surface area contributed by atoms with Crippen molar-refractivity contribution in [3.8, 4) is 0 Å². The summed E-state index contributed by atoms with van der Waals surface area (Å²) in [6.45, 7) is 0. The number of aromatic carboxylic acids is 1. The number of carboxylic acid groups (broad SMARTS) is 1. The second-order valence-electron chi connectivity index (χ2n) is 2.29. The molecule has 0 unspecified atom stereocenters. The van der Waals surface area contributed by atoms with Gasteiger partial charge in [0, 0.05) is 39.9 Å². The van der Waals surface area contributed by atoms with Crippen LogP contribution in [0.1, 0.15) is 20.7 Å². The first kappa shape index (κ1) is 13.4. The van der Waals surface area contributed by atoms with E-state index in [1.54, 1.807) is 0 Å². The maximum atomic E-state index is 10.8. The third-order valence-electron chi connectivity index (χ3n) is 1.47. The average Bonchev–Trinajstić information content (AvgIpc) is 2.17. The molecule has 0 aliphatic rings. The molecule has 0 fully saturated rings. The fourth-order valence-corrected chi connectivity index (χ4v) is 0.817. The Balaban J connectivity index is 0.00000169. The van der Waals surface area contributed by atoms with Crippen LogP contribution in [-0.2, 0) is 4.84 Å². The summed E-state index contributed by atoms with van der Waals surface area (Å²) in [6.07, 6.45) is 0. The van der Waals surface area contributed by atoms with Gasteiger partial charge in [0.25, 0.3) is 0 Å². The minimum absolute atomic E-state index is 0. The van der Waals surface area contributed by atoms with Crippen molar-refractivity contribution in [3.63, 3.8) is 0 Å². The molecule has 0 heterocycles. The number of hydrogen-bond acceptors (Lipinski definition) is 4. The summed E-state index contributed by atoms with van der Waals surface area (Å²) >= 11 is 0. The van der Waals surface area contributed by atoms with Gasteiger partial charge in [-0.2, -0.15) is 5.90 Å². The van der Waals surface area contributed by atoms with Gasteiger partial charge in [0.05, 0.1) is 11.1 Å². The molecule has 72 valence electrons. The first-order chi connectivity index (χ1) is 6.15. The van der Waals surface area contributed by atoms with E-state index in [-0.39, 0.29) is 51.1 Å². The van der Waals surface area contributed by atoms with Crippen LogP contribution in [0.4, 0.5) is 0 Å². The van der Waals surface area contributed by atoms with Gasteiger partial charge in [-0.25, -0.2) is 9.59 Å². The summed E-state index contributed by atoms with van der Waals surface area (Å²) in [5, 5.41) is 8.53. The standard InChI is InChI=1S/C8H7NO4.Th/c9-13-8(12)6-3-1-5(2-4-6)7(10)11;/h1-4H,9H2,(H,10,11);. The maximum Gasteiger partial charge on any atom is 0.356 e. The molecule has 0 aliphatic heterocycles. The van der Waals surface area contributed by atoms with Crippen LogP contribution in [0.15, 0.2) is 24.3 Å². The zero-order valence-corrected chi connectivity index (χ0v) is 11.2. The molecular weight excluding hydrogens is 406 g/mol. The molecule has 14 heavy (non-hydrogen) atoms. The number of hydrogen-bond donors (Lipinski definition) is 2. The molecule has 3 N–H and O–H groups in total. The largest absolute Gasteiger partial charge is 0.478 e. The van der Waals surface area contributed by atoms with E-state index in [1.165, 1.54) is 24.3 Å². The Bertz CT molecular complexity index is 336. The normalized spacial score (nSPS) is 8.64. The SMILES string of the molecule is NOC(=O)c1ccc(C(=O)O)cc1.[Th]. The van der Waals surface area contributed by atoms with Gasteiger partial charge in [-0.05, 0) is 24.3 Å². The fourth-order valence-electron chi connectivity index (χ4n) is 0.817. The second-order valence-corrected chi connectivity index (χ2v) is 2.29. The van der Waals surface area contributed by atoms with Crippen LogP contribution in [0.3, 0.4) is 0 Å². The summed E-state index contributed by atoms with van der Waals surface area (Å²) in [5.41, 5.74) is 0.320. The van der Waals surface area contributed by atoms with E-state index >= 15 is 0 Å². The Kier molecular flexibility index (Phi) is 5.79. The predicted molar refractivity (Wildman–Crippen MR) is 43.0 cm³/mol. The Morgan fingerprint density at radius 2 is 1.57 bits per heavy atom. The van der Waals surface area contributed by atoms with Crippen LogP contribution >= 0.6 is 0 Å². The minimum atomic E-state index is -1.05. The molecule has 0 atom stereocenters. The van der Waals surface area contributed by atoms with E-state index in [2.05, 4.69) is 10.7 Å². The van der Waals surface area contributed by atoms with Crippen LogP contribution < -0.4 is 5.90 Å². The van der Waals surface area contributed by atoms with Crippen molar-refractivity contribution < 1.29 is 59.5 Å². The van der Waals surface area contributed by atoms with Gasteiger partial charge in [0.15, 0.2) is 0 Å².